The van der Waals surface area contributed by atoms with Crippen LogP contribution in [0.5, 0.6) is 11.5 Å². The first-order valence-electron chi connectivity index (χ1n) is 12.7. The highest BCUT2D eigenvalue weighted by atomic mass is 16.5. The van der Waals surface area contributed by atoms with Gasteiger partial charge in [0, 0.05) is 29.4 Å². The van der Waals surface area contributed by atoms with Crippen LogP contribution in [0.15, 0.2) is 60.8 Å². The summed E-state index contributed by atoms with van der Waals surface area (Å²) in [5.41, 5.74) is 4.24. The SMILES string of the molecule is COc1cc(NC(=O)Nc2c(C)cccc2C)c(C(=O)N[C@H](C)Cc2cn(C(=O)O)c3ccccc23)cc1OC. The van der Waals surface area contributed by atoms with Gasteiger partial charge >= 0.3 is 12.1 Å². The van der Waals surface area contributed by atoms with Crippen LogP contribution >= 0.6 is 0 Å². The Morgan fingerprint density at radius 1 is 0.925 bits per heavy atom. The molecule has 0 radical (unpaired) electrons. The summed E-state index contributed by atoms with van der Waals surface area (Å²) in [4.78, 5) is 38.2. The number of para-hydroxylation sites is 2. The molecular formula is C30H32N4O6. The van der Waals surface area contributed by atoms with Gasteiger partial charge in [-0.15, -0.1) is 0 Å². The van der Waals surface area contributed by atoms with E-state index >= 15 is 0 Å². The van der Waals surface area contributed by atoms with Gasteiger partial charge in [0.2, 0.25) is 0 Å². The van der Waals surface area contributed by atoms with Gasteiger partial charge in [0.05, 0.1) is 31.0 Å². The lowest BCUT2D eigenvalue weighted by Gasteiger charge is -2.19. The van der Waals surface area contributed by atoms with Crippen molar-refractivity contribution < 1.29 is 29.0 Å². The summed E-state index contributed by atoms with van der Waals surface area (Å²) >= 11 is 0. The summed E-state index contributed by atoms with van der Waals surface area (Å²) in [5.74, 6) is 0.222. The lowest BCUT2D eigenvalue weighted by Crippen LogP contribution is -2.35. The number of anilines is 2. The second-order valence-corrected chi connectivity index (χ2v) is 9.50. The maximum atomic E-state index is 13.5. The zero-order valence-electron chi connectivity index (χ0n) is 23.0. The Morgan fingerprint density at radius 3 is 2.23 bits per heavy atom. The number of carbonyl (C=O) groups is 3. The molecule has 0 unspecified atom stereocenters. The highest BCUT2D eigenvalue weighted by molar-refractivity contribution is 6.07. The maximum Gasteiger partial charge on any atom is 0.416 e. The number of nitrogens with zero attached hydrogens (tertiary/aromatic N) is 1. The Balaban J connectivity index is 1.58. The van der Waals surface area contributed by atoms with Crippen molar-refractivity contribution in [3.05, 3.63) is 83.0 Å². The number of rotatable bonds is 8. The van der Waals surface area contributed by atoms with Crippen LogP contribution in [0.25, 0.3) is 10.9 Å². The first-order chi connectivity index (χ1) is 19.1. The number of hydrogen-bond donors (Lipinski definition) is 4. The fourth-order valence-corrected chi connectivity index (χ4v) is 4.70. The Hall–Kier alpha value is -4.99. The van der Waals surface area contributed by atoms with Crippen molar-refractivity contribution in [3.63, 3.8) is 0 Å². The molecule has 10 nitrogen and oxygen atoms in total. The van der Waals surface area contributed by atoms with E-state index in [1.165, 1.54) is 30.9 Å². The Kier molecular flexibility index (Phi) is 8.28. The summed E-state index contributed by atoms with van der Waals surface area (Å²) in [6.07, 6.45) is 0.867. The highest BCUT2D eigenvalue weighted by Gasteiger charge is 2.22. The summed E-state index contributed by atoms with van der Waals surface area (Å²) in [7, 11) is 2.93. The van der Waals surface area contributed by atoms with E-state index < -0.39 is 18.0 Å². The normalized spacial score (nSPS) is 11.5. The van der Waals surface area contributed by atoms with E-state index in [0.717, 1.165) is 22.1 Å². The Morgan fingerprint density at radius 2 is 1.57 bits per heavy atom. The zero-order chi connectivity index (χ0) is 29.0. The molecule has 4 rings (SSSR count). The number of hydrogen-bond acceptors (Lipinski definition) is 5. The van der Waals surface area contributed by atoms with E-state index in [1.807, 2.05) is 51.1 Å². The number of ether oxygens (including phenoxy) is 2. The third-order valence-corrected chi connectivity index (χ3v) is 6.64. The van der Waals surface area contributed by atoms with Crippen LogP contribution in [0.2, 0.25) is 0 Å². The number of aryl methyl sites for hydroxylation is 2. The van der Waals surface area contributed by atoms with Gasteiger partial charge in [0.25, 0.3) is 5.91 Å². The largest absolute Gasteiger partial charge is 0.493 e. The van der Waals surface area contributed by atoms with Crippen LogP contribution in [-0.2, 0) is 6.42 Å². The van der Waals surface area contributed by atoms with Gasteiger partial charge in [-0.1, -0.05) is 36.4 Å². The van der Waals surface area contributed by atoms with Gasteiger partial charge in [0.1, 0.15) is 0 Å². The molecule has 0 bridgehead atoms. The molecule has 4 aromatic rings. The minimum Gasteiger partial charge on any atom is -0.493 e. The summed E-state index contributed by atoms with van der Waals surface area (Å²) < 4.78 is 12.0. The molecule has 1 atom stereocenters. The van der Waals surface area contributed by atoms with Gasteiger partial charge in [-0.25, -0.2) is 9.59 Å². The number of carboxylic acid groups (broad SMARTS) is 1. The van der Waals surface area contributed by atoms with Crippen LogP contribution in [0, 0.1) is 13.8 Å². The van der Waals surface area contributed by atoms with E-state index in [2.05, 4.69) is 16.0 Å². The number of methoxy groups -OCH3 is 2. The molecule has 0 saturated carbocycles. The average molecular weight is 545 g/mol. The Labute approximate surface area is 231 Å². The topological polar surface area (TPSA) is 131 Å². The minimum atomic E-state index is -1.08. The molecule has 0 aliphatic carbocycles. The van der Waals surface area contributed by atoms with Crippen LogP contribution in [-0.4, -0.2) is 48.0 Å². The summed E-state index contributed by atoms with van der Waals surface area (Å²) in [6, 6.07) is 15.1. The zero-order valence-corrected chi connectivity index (χ0v) is 23.0. The van der Waals surface area contributed by atoms with E-state index in [4.69, 9.17) is 9.47 Å². The van der Waals surface area contributed by atoms with E-state index in [0.29, 0.717) is 29.1 Å². The monoisotopic (exact) mass is 544 g/mol. The smallest absolute Gasteiger partial charge is 0.416 e. The Bertz CT molecular complexity index is 1570. The van der Waals surface area contributed by atoms with Crippen LogP contribution in [0.3, 0.4) is 0 Å². The second kappa shape index (κ2) is 11.8. The lowest BCUT2D eigenvalue weighted by atomic mass is 10.0. The number of fused-ring (bicyclic) bond motifs is 1. The molecule has 1 aromatic heterocycles. The molecule has 40 heavy (non-hydrogen) atoms. The molecule has 4 N–H and O–H groups in total. The van der Waals surface area contributed by atoms with Gasteiger partial charge in [-0.05, 0) is 56.0 Å². The third kappa shape index (κ3) is 5.85. The van der Waals surface area contributed by atoms with Crippen molar-refractivity contribution in [1.82, 2.24) is 9.88 Å². The predicted octanol–water partition coefficient (Wildman–Crippen LogP) is 5.81. The first-order valence-corrected chi connectivity index (χ1v) is 12.7. The average Bonchev–Trinajstić information content (AvgIpc) is 3.29. The van der Waals surface area contributed by atoms with Crippen molar-refractivity contribution >= 4 is 40.3 Å². The maximum absolute atomic E-state index is 13.5. The van der Waals surface area contributed by atoms with Crippen LogP contribution < -0.4 is 25.4 Å². The van der Waals surface area contributed by atoms with Crippen molar-refractivity contribution in [3.8, 4) is 11.5 Å². The number of urea groups is 1. The van der Waals surface area contributed by atoms with Crippen LogP contribution in [0.1, 0.15) is 34.0 Å². The quantitative estimate of drug-likeness (QED) is 0.222. The number of carbonyl (C=O) groups excluding carboxylic acids is 2. The summed E-state index contributed by atoms with van der Waals surface area (Å²) in [6.45, 7) is 5.62. The minimum absolute atomic E-state index is 0.175. The predicted molar refractivity (Wildman–Crippen MR) is 154 cm³/mol. The molecule has 0 spiro atoms. The molecule has 1 heterocycles. The van der Waals surface area contributed by atoms with Crippen molar-refractivity contribution in [2.24, 2.45) is 0 Å². The second-order valence-electron chi connectivity index (χ2n) is 9.50. The van der Waals surface area contributed by atoms with Crippen molar-refractivity contribution in [1.29, 1.82) is 0 Å². The first kappa shape index (κ1) is 28.0. The molecule has 0 aliphatic rings. The fraction of sp³-hybridized carbons (Fsp3) is 0.233. The van der Waals surface area contributed by atoms with Crippen molar-refractivity contribution in [2.75, 3.05) is 24.9 Å². The molecule has 0 fully saturated rings. The molecule has 3 aromatic carbocycles. The molecule has 10 heteroatoms. The molecule has 0 aliphatic heterocycles. The van der Waals surface area contributed by atoms with E-state index in [-0.39, 0.29) is 17.3 Å². The fourth-order valence-electron chi connectivity index (χ4n) is 4.70. The third-order valence-electron chi connectivity index (χ3n) is 6.64. The lowest BCUT2D eigenvalue weighted by molar-refractivity contribution is 0.0940. The van der Waals surface area contributed by atoms with E-state index in [1.54, 1.807) is 18.3 Å². The van der Waals surface area contributed by atoms with Gasteiger partial charge in [-0.3, -0.25) is 9.36 Å². The van der Waals surface area contributed by atoms with Gasteiger partial charge < -0.3 is 30.5 Å². The van der Waals surface area contributed by atoms with Crippen molar-refractivity contribution in [2.45, 2.75) is 33.2 Å². The standard InChI is InChI=1S/C30H32N4O6/c1-17-9-8-10-18(2)27(17)33-29(36)32-23-15-26(40-5)25(39-4)14-22(23)28(35)31-19(3)13-20-16-34(30(37)38)24-12-7-6-11-21(20)24/h6-12,14-16,19H,13H2,1-5H3,(H,31,35)(H,37,38)(H2,32,33,36)/t19-/m1/s1. The molecular weight excluding hydrogens is 512 g/mol. The molecule has 208 valence electrons. The molecule has 0 saturated heterocycles. The number of nitrogens with one attached hydrogen (secondary N) is 3. The number of aromatic nitrogens is 1. The highest BCUT2D eigenvalue weighted by Crippen LogP contribution is 2.34. The van der Waals surface area contributed by atoms with Gasteiger partial charge in [0.15, 0.2) is 11.5 Å². The summed E-state index contributed by atoms with van der Waals surface area (Å²) in [5, 5.41) is 18.9. The molecule has 3 amide bonds. The number of benzene rings is 3. The number of amides is 3. The van der Waals surface area contributed by atoms with Crippen LogP contribution in [0.4, 0.5) is 21.0 Å². The van der Waals surface area contributed by atoms with E-state index in [9.17, 15) is 19.5 Å². The van der Waals surface area contributed by atoms with Gasteiger partial charge in [-0.2, -0.15) is 0 Å².